The van der Waals surface area contributed by atoms with E-state index in [0.717, 1.165) is 37.3 Å². The first-order chi connectivity index (χ1) is 8.18. The lowest BCUT2D eigenvalue weighted by atomic mass is 9.98. The highest BCUT2D eigenvalue weighted by Gasteiger charge is 2.38. The van der Waals surface area contributed by atoms with Gasteiger partial charge in [0.2, 0.25) is 11.2 Å². The summed E-state index contributed by atoms with van der Waals surface area (Å²) in [5.74, 6) is 0.917. The lowest BCUT2D eigenvalue weighted by Crippen LogP contribution is -2.54. The Bertz CT molecular complexity index is 479. The Morgan fingerprint density at radius 3 is 3.12 bits per heavy atom. The predicted octanol–water partition coefficient (Wildman–Crippen LogP) is 1.47. The van der Waals surface area contributed by atoms with Gasteiger partial charge in [-0.05, 0) is 30.9 Å². The number of fused-ring (bicyclic) bond motifs is 3. The second-order valence-corrected chi connectivity index (χ2v) is 4.79. The number of rotatable bonds is 0. The largest absolute Gasteiger partial charge is 0.343 e. The number of piperidine rings is 1. The Labute approximate surface area is 104 Å². The lowest BCUT2D eigenvalue weighted by molar-refractivity contribution is -0.120. The smallest absolute Gasteiger partial charge is 0.249 e. The first kappa shape index (κ1) is 10.8. The van der Waals surface area contributed by atoms with Gasteiger partial charge in [-0.15, -0.1) is 0 Å². The first-order valence-electron chi connectivity index (χ1n) is 5.75. The summed E-state index contributed by atoms with van der Waals surface area (Å²) < 4.78 is 0. The molecule has 0 spiro atoms. The molecule has 0 radical (unpaired) electrons. The summed E-state index contributed by atoms with van der Waals surface area (Å²) in [4.78, 5) is 24.1. The molecule has 2 aliphatic rings. The fourth-order valence-electron chi connectivity index (χ4n) is 2.58. The molecule has 1 aromatic heterocycles. The van der Waals surface area contributed by atoms with Crippen molar-refractivity contribution in [1.82, 2.24) is 9.97 Å². The minimum atomic E-state index is -0.0767. The van der Waals surface area contributed by atoms with Crippen LogP contribution >= 0.6 is 11.6 Å². The summed E-state index contributed by atoms with van der Waals surface area (Å²) in [5.41, 5.74) is 0.748. The standard InChI is InChI=1S/C11H13ClN4O/c1-15-8-6-13-11(12)14-9(8)16-5-3-2-4-7(16)10(15)17/h6-7H,2-5H2,1H3. The van der Waals surface area contributed by atoms with Crippen LogP contribution in [0.4, 0.5) is 11.5 Å². The molecule has 1 aromatic rings. The first-order valence-corrected chi connectivity index (χ1v) is 6.13. The van der Waals surface area contributed by atoms with E-state index in [-0.39, 0.29) is 17.2 Å². The molecule has 1 amide bonds. The van der Waals surface area contributed by atoms with E-state index < -0.39 is 0 Å². The summed E-state index contributed by atoms with van der Waals surface area (Å²) in [7, 11) is 1.77. The summed E-state index contributed by atoms with van der Waals surface area (Å²) in [5, 5.41) is 0.232. The predicted molar refractivity (Wildman–Crippen MR) is 65.4 cm³/mol. The molecular weight excluding hydrogens is 240 g/mol. The summed E-state index contributed by atoms with van der Waals surface area (Å²) >= 11 is 5.84. The molecule has 90 valence electrons. The lowest BCUT2D eigenvalue weighted by Gasteiger charge is -2.42. The van der Waals surface area contributed by atoms with Crippen molar-refractivity contribution in [2.45, 2.75) is 25.3 Å². The number of halogens is 1. The summed E-state index contributed by atoms with van der Waals surface area (Å²) in [6.45, 7) is 0.866. The number of hydrogen-bond donors (Lipinski definition) is 0. The van der Waals surface area contributed by atoms with Crippen LogP contribution in [-0.2, 0) is 4.79 Å². The van der Waals surface area contributed by atoms with Crippen LogP contribution < -0.4 is 9.80 Å². The molecule has 1 fully saturated rings. The average molecular weight is 253 g/mol. The molecule has 0 aromatic carbocycles. The third kappa shape index (κ3) is 1.57. The van der Waals surface area contributed by atoms with E-state index in [1.54, 1.807) is 18.1 Å². The van der Waals surface area contributed by atoms with Gasteiger partial charge in [0.05, 0.1) is 6.20 Å². The van der Waals surface area contributed by atoms with E-state index in [1.165, 1.54) is 0 Å². The van der Waals surface area contributed by atoms with E-state index in [4.69, 9.17) is 11.6 Å². The van der Waals surface area contributed by atoms with E-state index >= 15 is 0 Å². The van der Waals surface area contributed by atoms with Crippen LogP contribution in [0.5, 0.6) is 0 Å². The molecule has 5 nitrogen and oxygen atoms in total. The fraction of sp³-hybridized carbons (Fsp3) is 0.545. The van der Waals surface area contributed by atoms with Crippen molar-refractivity contribution in [1.29, 1.82) is 0 Å². The quantitative estimate of drug-likeness (QED) is 0.656. The monoisotopic (exact) mass is 252 g/mol. The normalized spacial score (nSPS) is 23.4. The maximum Gasteiger partial charge on any atom is 0.249 e. The van der Waals surface area contributed by atoms with Gasteiger partial charge >= 0.3 is 0 Å². The molecule has 2 aliphatic heterocycles. The van der Waals surface area contributed by atoms with Crippen molar-refractivity contribution < 1.29 is 4.79 Å². The topological polar surface area (TPSA) is 49.3 Å². The van der Waals surface area contributed by atoms with Crippen molar-refractivity contribution in [3.8, 4) is 0 Å². The maximum absolute atomic E-state index is 12.2. The Morgan fingerprint density at radius 1 is 1.47 bits per heavy atom. The second kappa shape index (κ2) is 3.84. The number of nitrogens with zero attached hydrogens (tertiary/aromatic N) is 4. The molecule has 3 rings (SSSR count). The van der Waals surface area contributed by atoms with Gasteiger partial charge in [0.25, 0.3) is 0 Å². The number of likely N-dealkylation sites (N-methyl/N-ethyl adjacent to an activating group) is 1. The third-order valence-corrected chi connectivity index (χ3v) is 3.65. The SMILES string of the molecule is CN1C(=O)C2CCCCN2c2nc(Cl)ncc21. The van der Waals surface area contributed by atoms with E-state index in [0.29, 0.717) is 0 Å². The van der Waals surface area contributed by atoms with Gasteiger partial charge in [-0.3, -0.25) is 4.79 Å². The zero-order chi connectivity index (χ0) is 12.0. The van der Waals surface area contributed by atoms with Gasteiger partial charge in [0, 0.05) is 13.6 Å². The van der Waals surface area contributed by atoms with E-state index in [9.17, 15) is 4.79 Å². The van der Waals surface area contributed by atoms with Crippen LogP contribution in [0.25, 0.3) is 0 Å². The van der Waals surface area contributed by atoms with Crippen LogP contribution in [0.1, 0.15) is 19.3 Å². The number of amides is 1. The molecule has 6 heteroatoms. The Hall–Kier alpha value is -1.36. The average Bonchev–Trinajstić information content (AvgIpc) is 2.36. The molecule has 0 aliphatic carbocycles. The van der Waals surface area contributed by atoms with Crippen molar-refractivity contribution in [3.63, 3.8) is 0 Å². The van der Waals surface area contributed by atoms with Gasteiger partial charge in [-0.2, -0.15) is 4.98 Å². The minimum Gasteiger partial charge on any atom is -0.343 e. The number of carbonyl (C=O) groups is 1. The number of carbonyl (C=O) groups excluding carboxylic acids is 1. The highest BCUT2D eigenvalue weighted by Crippen LogP contribution is 2.36. The molecule has 1 unspecified atom stereocenters. The van der Waals surface area contributed by atoms with Crippen LogP contribution in [-0.4, -0.2) is 35.5 Å². The van der Waals surface area contributed by atoms with Crippen LogP contribution in [0.2, 0.25) is 5.28 Å². The molecule has 17 heavy (non-hydrogen) atoms. The number of anilines is 2. The molecule has 1 atom stereocenters. The molecule has 1 saturated heterocycles. The molecule has 3 heterocycles. The van der Waals surface area contributed by atoms with Gasteiger partial charge < -0.3 is 9.80 Å². The highest BCUT2D eigenvalue weighted by atomic mass is 35.5. The van der Waals surface area contributed by atoms with Gasteiger partial charge in [0.15, 0.2) is 5.82 Å². The van der Waals surface area contributed by atoms with Crippen molar-refractivity contribution in [2.24, 2.45) is 0 Å². The fourth-order valence-corrected chi connectivity index (χ4v) is 2.71. The second-order valence-electron chi connectivity index (χ2n) is 4.45. The van der Waals surface area contributed by atoms with Crippen LogP contribution in [0.15, 0.2) is 6.20 Å². The maximum atomic E-state index is 12.2. The molecule has 0 bridgehead atoms. The number of aromatic nitrogens is 2. The third-order valence-electron chi connectivity index (χ3n) is 3.47. The highest BCUT2D eigenvalue weighted by molar-refractivity contribution is 6.28. The van der Waals surface area contributed by atoms with Crippen LogP contribution in [0.3, 0.4) is 0 Å². The molecular formula is C11H13ClN4O. The van der Waals surface area contributed by atoms with Crippen molar-refractivity contribution >= 4 is 29.0 Å². The molecule has 0 saturated carbocycles. The van der Waals surface area contributed by atoms with Crippen LogP contribution in [0, 0.1) is 0 Å². The van der Waals surface area contributed by atoms with Gasteiger partial charge in [-0.1, -0.05) is 0 Å². The minimum absolute atomic E-state index is 0.0767. The number of hydrogen-bond acceptors (Lipinski definition) is 4. The van der Waals surface area contributed by atoms with Gasteiger partial charge in [-0.25, -0.2) is 4.98 Å². The Morgan fingerprint density at radius 2 is 2.29 bits per heavy atom. The van der Waals surface area contributed by atoms with Crippen molar-refractivity contribution in [2.75, 3.05) is 23.4 Å². The van der Waals surface area contributed by atoms with E-state index in [1.807, 2.05) is 0 Å². The zero-order valence-corrected chi connectivity index (χ0v) is 10.3. The summed E-state index contributed by atoms with van der Waals surface area (Å²) in [6, 6.07) is -0.0767. The van der Waals surface area contributed by atoms with Crippen molar-refractivity contribution in [3.05, 3.63) is 11.5 Å². The Kier molecular flexibility index (Phi) is 2.43. The Balaban J connectivity index is 2.13. The summed E-state index contributed by atoms with van der Waals surface area (Å²) in [6.07, 6.45) is 4.70. The van der Waals surface area contributed by atoms with E-state index in [2.05, 4.69) is 14.9 Å². The zero-order valence-electron chi connectivity index (χ0n) is 9.56. The molecule has 0 N–H and O–H groups in total. The van der Waals surface area contributed by atoms with Gasteiger partial charge in [0.1, 0.15) is 11.7 Å².